The summed E-state index contributed by atoms with van der Waals surface area (Å²) in [5.41, 5.74) is 2.86. The van der Waals surface area contributed by atoms with Gasteiger partial charge in [0.05, 0.1) is 25.6 Å². The van der Waals surface area contributed by atoms with E-state index in [4.69, 9.17) is 9.47 Å². The normalized spacial score (nSPS) is 14.0. The van der Waals surface area contributed by atoms with Crippen molar-refractivity contribution in [1.29, 1.82) is 0 Å². The average Bonchev–Trinajstić information content (AvgIpc) is 3.29. The van der Waals surface area contributed by atoms with E-state index >= 15 is 0 Å². The number of rotatable bonds is 5. The van der Waals surface area contributed by atoms with Gasteiger partial charge in [0.1, 0.15) is 16.4 Å². The molecule has 7 heteroatoms. The molecule has 0 unspecified atom stereocenters. The molecule has 6 nitrogen and oxygen atoms in total. The molecule has 0 saturated carbocycles. The van der Waals surface area contributed by atoms with Crippen LogP contribution in [0.1, 0.15) is 9.67 Å². The molecule has 3 aromatic rings. The van der Waals surface area contributed by atoms with Gasteiger partial charge in [-0.1, -0.05) is 12.1 Å². The maximum absolute atomic E-state index is 12.9. The minimum absolute atomic E-state index is 0.0435. The summed E-state index contributed by atoms with van der Waals surface area (Å²) in [6.07, 6.45) is 0. The number of methoxy groups -OCH3 is 2. The molecule has 2 heterocycles. The standard InChI is InChI=1S/C22H23N3O3S/c1-27-17-9-7-16(8-10-17)18-15-21(29-23-18)22(26)25-13-11-24(12-14-25)19-5-3-4-6-20(19)28-2/h3-10,15H,11-14H2,1-2H3. The number of aromatic nitrogens is 1. The number of amides is 1. The van der Waals surface area contributed by atoms with E-state index in [9.17, 15) is 4.79 Å². The molecule has 0 spiro atoms. The largest absolute Gasteiger partial charge is 0.497 e. The van der Waals surface area contributed by atoms with Crippen molar-refractivity contribution in [2.45, 2.75) is 0 Å². The molecule has 0 aliphatic carbocycles. The first kappa shape index (κ1) is 19.3. The van der Waals surface area contributed by atoms with E-state index in [0.29, 0.717) is 18.0 Å². The number of para-hydroxylation sites is 2. The summed E-state index contributed by atoms with van der Waals surface area (Å²) in [6.45, 7) is 2.89. The Morgan fingerprint density at radius 1 is 0.966 bits per heavy atom. The lowest BCUT2D eigenvalue weighted by Crippen LogP contribution is -2.48. The van der Waals surface area contributed by atoms with E-state index in [1.165, 1.54) is 11.5 Å². The van der Waals surface area contributed by atoms with Crippen LogP contribution in [0, 0.1) is 0 Å². The Morgan fingerprint density at radius 3 is 2.38 bits per heavy atom. The van der Waals surface area contributed by atoms with Gasteiger partial charge in [-0.05, 0) is 54.0 Å². The first-order valence-corrected chi connectivity index (χ1v) is 10.3. The van der Waals surface area contributed by atoms with Crippen molar-refractivity contribution in [2.75, 3.05) is 45.3 Å². The van der Waals surface area contributed by atoms with E-state index in [-0.39, 0.29) is 5.91 Å². The molecule has 4 rings (SSSR count). The van der Waals surface area contributed by atoms with Gasteiger partial charge in [-0.25, -0.2) is 0 Å². The smallest absolute Gasteiger partial charge is 0.265 e. The Kier molecular flexibility index (Phi) is 5.67. The third-order valence-corrected chi connectivity index (χ3v) is 5.88. The third-order valence-electron chi connectivity index (χ3n) is 5.10. The van der Waals surface area contributed by atoms with Gasteiger partial charge in [-0.3, -0.25) is 4.79 Å². The highest BCUT2D eigenvalue weighted by Gasteiger charge is 2.25. The molecule has 1 fully saturated rings. The van der Waals surface area contributed by atoms with Crippen LogP contribution in [0.25, 0.3) is 11.3 Å². The molecule has 1 aliphatic heterocycles. The van der Waals surface area contributed by atoms with Gasteiger partial charge in [-0.15, -0.1) is 0 Å². The molecule has 0 atom stereocenters. The molecule has 0 radical (unpaired) electrons. The van der Waals surface area contributed by atoms with E-state index in [0.717, 1.165) is 41.5 Å². The zero-order valence-corrected chi connectivity index (χ0v) is 17.3. The minimum Gasteiger partial charge on any atom is -0.497 e. The van der Waals surface area contributed by atoms with E-state index in [2.05, 4.69) is 15.3 Å². The van der Waals surface area contributed by atoms with Crippen molar-refractivity contribution >= 4 is 23.1 Å². The number of carbonyl (C=O) groups excluding carboxylic acids is 1. The van der Waals surface area contributed by atoms with Crippen LogP contribution in [0.3, 0.4) is 0 Å². The maximum Gasteiger partial charge on any atom is 0.265 e. The second-order valence-corrected chi connectivity index (χ2v) is 7.56. The van der Waals surface area contributed by atoms with Crippen molar-refractivity contribution in [1.82, 2.24) is 9.27 Å². The monoisotopic (exact) mass is 409 g/mol. The molecule has 0 N–H and O–H groups in total. The van der Waals surface area contributed by atoms with Gasteiger partial charge in [0.15, 0.2) is 0 Å². The SMILES string of the molecule is COc1ccc(-c2cc(C(=O)N3CCN(c4ccccc4OC)CC3)sn2)cc1. The van der Waals surface area contributed by atoms with Crippen LogP contribution in [0.4, 0.5) is 5.69 Å². The number of hydrogen-bond acceptors (Lipinski definition) is 6. The van der Waals surface area contributed by atoms with Crippen LogP contribution in [-0.4, -0.2) is 55.6 Å². The van der Waals surface area contributed by atoms with E-state index in [1.54, 1.807) is 14.2 Å². The lowest BCUT2D eigenvalue weighted by Gasteiger charge is -2.36. The highest BCUT2D eigenvalue weighted by Crippen LogP contribution is 2.29. The number of ether oxygens (including phenoxy) is 2. The molecule has 1 aromatic heterocycles. The van der Waals surface area contributed by atoms with Crippen LogP contribution >= 0.6 is 11.5 Å². The Hall–Kier alpha value is -3.06. The van der Waals surface area contributed by atoms with E-state index in [1.807, 2.05) is 53.4 Å². The number of piperazine rings is 1. The molecule has 0 bridgehead atoms. The minimum atomic E-state index is 0.0435. The molecular weight excluding hydrogens is 386 g/mol. The fourth-order valence-corrected chi connectivity index (χ4v) is 4.20. The van der Waals surface area contributed by atoms with Gasteiger partial charge in [-0.2, -0.15) is 4.37 Å². The summed E-state index contributed by atoms with van der Waals surface area (Å²) in [4.78, 5) is 17.8. The molecule has 150 valence electrons. The van der Waals surface area contributed by atoms with Gasteiger partial charge in [0.25, 0.3) is 5.91 Å². The first-order chi connectivity index (χ1) is 14.2. The molecule has 1 aliphatic rings. The quantitative estimate of drug-likeness (QED) is 0.642. The Morgan fingerprint density at radius 2 is 1.69 bits per heavy atom. The van der Waals surface area contributed by atoms with Crippen LogP contribution < -0.4 is 14.4 Å². The fourth-order valence-electron chi connectivity index (χ4n) is 3.47. The number of benzene rings is 2. The Balaban J connectivity index is 1.41. The number of nitrogens with zero attached hydrogens (tertiary/aromatic N) is 3. The second kappa shape index (κ2) is 8.53. The lowest BCUT2D eigenvalue weighted by molar-refractivity contribution is 0.0751. The van der Waals surface area contributed by atoms with Crippen LogP contribution in [0.15, 0.2) is 54.6 Å². The molecular formula is C22H23N3O3S. The Bertz CT molecular complexity index is 979. The van der Waals surface area contributed by atoms with Gasteiger partial charge < -0.3 is 19.3 Å². The first-order valence-electron chi connectivity index (χ1n) is 9.48. The number of hydrogen-bond donors (Lipinski definition) is 0. The molecule has 29 heavy (non-hydrogen) atoms. The zero-order chi connectivity index (χ0) is 20.2. The average molecular weight is 410 g/mol. The van der Waals surface area contributed by atoms with Crippen molar-refractivity contribution in [2.24, 2.45) is 0 Å². The van der Waals surface area contributed by atoms with Crippen molar-refractivity contribution < 1.29 is 14.3 Å². The topological polar surface area (TPSA) is 54.9 Å². The Labute approximate surface area is 174 Å². The van der Waals surface area contributed by atoms with Crippen molar-refractivity contribution in [3.8, 4) is 22.8 Å². The zero-order valence-electron chi connectivity index (χ0n) is 16.5. The highest BCUT2D eigenvalue weighted by atomic mass is 32.1. The van der Waals surface area contributed by atoms with E-state index < -0.39 is 0 Å². The summed E-state index contributed by atoms with van der Waals surface area (Å²) < 4.78 is 15.1. The summed E-state index contributed by atoms with van der Waals surface area (Å²) in [5.74, 6) is 1.70. The van der Waals surface area contributed by atoms with Crippen LogP contribution in [0.5, 0.6) is 11.5 Å². The summed E-state index contributed by atoms with van der Waals surface area (Å²) in [7, 11) is 3.32. The summed E-state index contributed by atoms with van der Waals surface area (Å²) in [6, 6.07) is 17.6. The summed E-state index contributed by atoms with van der Waals surface area (Å²) in [5, 5.41) is 0. The lowest BCUT2D eigenvalue weighted by atomic mass is 10.1. The molecule has 2 aromatic carbocycles. The predicted molar refractivity (Wildman–Crippen MR) is 115 cm³/mol. The van der Waals surface area contributed by atoms with Gasteiger partial charge in [0.2, 0.25) is 0 Å². The van der Waals surface area contributed by atoms with Crippen LogP contribution in [-0.2, 0) is 0 Å². The maximum atomic E-state index is 12.9. The second-order valence-electron chi connectivity index (χ2n) is 6.76. The summed E-state index contributed by atoms with van der Waals surface area (Å²) >= 11 is 1.25. The van der Waals surface area contributed by atoms with Crippen LogP contribution in [0.2, 0.25) is 0 Å². The number of anilines is 1. The third kappa shape index (κ3) is 4.05. The number of carbonyl (C=O) groups is 1. The van der Waals surface area contributed by atoms with Crippen molar-refractivity contribution in [3.05, 3.63) is 59.5 Å². The van der Waals surface area contributed by atoms with Crippen molar-refractivity contribution in [3.63, 3.8) is 0 Å². The molecule has 1 amide bonds. The van der Waals surface area contributed by atoms with Gasteiger partial charge in [0, 0.05) is 31.7 Å². The fraction of sp³-hybridized carbons (Fsp3) is 0.273. The highest BCUT2D eigenvalue weighted by molar-refractivity contribution is 7.08. The predicted octanol–water partition coefficient (Wildman–Crippen LogP) is 3.79. The molecule has 1 saturated heterocycles. The van der Waals surface area contributed by atoms with Gasteiger partial charge >= 0.3 is 0 Å².